The Kier molecular flexibility index (Phi) is 18.2. The van der Waals surface area contributed by atoms with Crippen molar-refractivity contribution in [3.63, 3.8) is 0 Å². The maximum atomic E-state index is 6.84. The van der Waals surface area contributed by atoms with Gasteiger partial charge in [-0.1, -0.05) is 220 Å². The van der Waals surface area contributed by atoms with Gasteiger partial charge < -0.3 is 10.2 Å². The maximum Gasteiger partial charge on any atom is 0.0833 e. The van der Waals surface area contributed by atoms with Crippen molar-refractivity contribution >= 4 is 90.8 Å². The molecule has 67 heavy (non-hydrogen) atoms. The van der Waals surface area contributed by atoms with Crippen molar-refractivity contribution in [2.75, 3.05) is 10.2 Å². The van der Waals surface area contributed by atoms with Gasteiger partial charge in [-0.3, -0.25) is 0 Å². The first-order valence-electron chi connectivity index (χ1n) is 23.2. The number of nitrogens with one attached hydrogen (secondary N) is 1. The molecule has 0 bridgehead atoms. The average Bonchev–Trinajstić information content (AvgIpc) is 3.20. The van der Waals surface area contributed by atoms with Crippen LogP contribution in [0.1, 0.15) is 158 Å². The van der Waals surface area contributed by atoms with Gasteiger partial charge in [0.1, 0.15) is 0 Å². The molecule has 6 rings (SSSR count). The van der Waals surface area contributed by atoms with E-state index in [0.29, 0.717) is 20.1 Å². The summed E-state index contributed by atoms with van der Waals surface area (Å²) in [5.74, 6) is 0. The van der Waals surface area contributed by atoms with Crippen molar-refractivity contribution in [1.82, 2.24) is 0 Å². The smallest absolute Gasteiger partial charge is 0.0833 e. The van der Waals surface area contributed by atoms with Crippen LogP contribution >= 0.6 is 62.3 Å². The minimum atomic E-state index is -0.0547. The van der Waals surface area contributed by atoms with Crippen LogP contribution in [0.4, 0.5) is 28.4 Å². The molecule has 0 saturated carbocycles. The van der Waals surface area contributed by atoms with Gasteiger partial charge in [-0.25, -0.2) is 0 Å². The second-order valence-corrected chi connectivity index (χ2v) is 26.2. The average molecular weight is 1050 g/mol. The normalized spacial score (nSPS) is 12.4. The van der Waals surface area contributed by atoms with Crippen LogP contribution in [0.5, 0.6) is 0 Å². The van der Waals surface area contributed by atoms with Gasteiger partial charge in [0.25, 0.3) is 0 Å². The fraction of sp³-hybridized carbons (Fsp3) is 0.400. The fourth-order valence-corrected chi connectivity index (χ4v) is 8.39. The maximum absolute atomic E-state index is 6.84. The summed E-state index contributed by atoms with van der Waals surface area (Å²) >= 11 is 28.8. The lowest BCUT2D eigenvalue weighted by atomic mass is 9.86. The first kappa shape index (κ1) is 56.2. The van der Waals surface area contributed by atoms with Gasteiger partial charge in [-0.2, -0.15) is 0 Å². The Bertz CT molecular complexity index is 2420. The Labute approximate surface area is 434 Å². The van der Waals surface area contributed by atoms with Gasteiger partial charge in [-0.15, -0.1) is 0 Å². The van der Waals surface area contributed by atoms with E-state index in [1.165, 1.54) is 27.8 Å². The molecule has 1 N–H and O–H groups in total. The predicted molar refractivity (Wildman–Crippen MR) is 304 cm³/mol. The molecule has 0 heterocycles. The minimum absolute atomic E-state index is 0.0547. The second kappa shape index (κ2) is 21.7. The first-order valence-corrected chi connectivity index (χ1v) is 25.5. The SMILES string of the molecule is CC(C)(C)c1cc(Cl)c(Cl)c(Br)c1.CC(C)(C)c1ccc(N(c2ccc(C(C)(C)C)cc2)c2cc(C(C)(C)C)cc(Cl)c2Cl)cc1.CC(C)(C)c1ccc(Nc2ccc(C(C)(C)C)cc2)cc1. The summed E-state index contributed by atoms with van der Waals surface area (Å²) in [6, 6.07) is 43.0. The number of nitrogens with zero attached hydrogens (tertiary/aromatic N) is 1. The van der Waals surface area contributed by atoms with Crippen LogP contribution in [0.2, 0.25) is 20.1 Å². The molecule has 0 spiro atoms. The van der Waals surface area contributed by atoms with E-state index in [-0.39, 0.29) is 32.5 Å². The Morgan fingerprint density at radius 2 is 0.612 bits per heavy atom. The third kappa shape index (κ3) is 15.8. The highest BCUT2D eigenvalue weighted by atomic mass is 79.9. The van der Waals surface area contributed by atoms with Gasteiger partial charge in [-0.05, 0) is 155 Å². The molecular formula is C60H75BrCl4N2. The second-order valence-electron chi connectivity index (χ2n) is 23.8. The third-order valence-electron chi connectivity index (χ3n) is 11.7. The number of hydrogen-bond acceptors (Lipinski definition) is 2. The Morgan fingerprint density at radius 1 is 0.343 bits per heavy atom. The zero-order chi connectivity index (χ0) is 50.7. The van der Waals surface area contributed by atoms with Crippen molar-refractivity contribution in [3.05, 3.63) is 179 Å². The molecule has 0 radical (unpaired) electrons. The van der Waals surface area contributed by atoms with Crippen molar-refractivity contribution in [2.24, 2.45) is 0 Å². The summed E-state index contributed by atoms with van der Waals surface area (Å²) in [6.07, 6.45) is 0. The number of benzene rings is 6. The van der Waals surface area contributed by atoms with E-state index in [2.05, 4.69) is 254 Å². The summed E-state index contributed by atoms with van der Waals surface area (Å²) < 4.78 is 0.853. The van der Waals surface area contributed by atoms with Crippen LogP contribution in [-0.2, 0) is 32.5 Å². The molecule has 0 aliphatic heterocycles. The van der Waals surface area contributed by atoms with Crippen molar-refractivity contribution in [1.29, 1.82) is 0 Å². The van der Waals surface area contributed by atoms with Gasteiger partial charge in [0.05, 0.1) is 25.8 Å². The number of halogens is 5. The molecule has 0 aromatic heterocycles. The van der Waals surface area contributed by atoms with Crippen molar-refractivity contribution in [3.8, 4) is 0 Å². The standard InChI is InChI=1S/C30H37Cl2N.C20H27N.C10H11BrCl2/c1-28(2,3)20-10-14-23(15-11-20)33(24-16-12-21(13-17-24)29(4,5)6)26-19-22(30(7,8)9)18-25(31)27(26)32;1-19(2,3)15-7-11-17(12-8-15)21-18-13-9-16(10-14-18)20(4,5)6;1-10(2,3)6-4-7(11)9(13)8(12)5-6/h10-19H,1-9H3;7-14,21H,1-6H3;4-5H,1-3H3. The van der Waals surface area contributed by atoms with E-state index < -0.39 is 0 Å². The summed E-state index contributed by atoms with van der Waals surface area (Å²) in [5, 5.41) is 5.77. The highest BCUT2D eigenvalue weighted by Gasteiger charge is 2.25. The van der Waals surface area contributed by atoms with Crippen LogP contribution in [0.3, 0.4) is 0 Å². The van der Waals surface area contributed by atoms with E-state index in [0.717, 1.165) is 38.5 Å². The van der Waals surface area contributed by atoms with Gasteiger partial charge in [0, 0.05) is 27.2 Å². The van der Waals surface area contributed by atoms with Crippen LogP contribution in [0.15, 0.2) is 126 Å². The van der Waals surface area contributed by atoms with E-state index >= 15 is 0 Å². The summed E-state index contributed by atoms with van der Waals surface area (Å²) in [7, 11) is 0. The first-order chi connectivity index (χ1) is 30.6. The Hall–Kier alpha value is -3.44. The quantitative estimate of drug-likeness (QED) is 0.173. The van der Waals surface area contributed by atoms with Crippen LogP contribution < -0.4 is 10.2 Å². The van der Waals surface area contributed by atoms with E-state index in [1.807, 2.05) is 18.2 Å². The summed E-state index contributed by atoms with van der Waals surface area (Å²) in [5.41, 5.74) is 13.5. The number of rotatable bonds is 5. The molecule has 0 atom stereocenters. The highest BCUT2D eigenvalue weighted by molar-refractivity contribution is 9.10. The predicted octanol–water partition coefficient (Wildman–Crippen LogP) is 21.4. The van der Waals surface area contributed by atoms with Gasteiger partial charge in [0.15, 0.2) is 0 Å². The number of hydrogen-bond donors (Lipinski definition) is 1. The molecule has 0 aliphatic rings. The molecule has 6 aromatic rings. The highest BCUT2D eigenvalue weighted by Crippen LogP contribution is 2.45. The molecule has 0 unspecified atom stereocenters. The van der Waals surface area contributed by atoms with Gasteiger partial charge >= 0.3 is 0 Å². The van der Waals surface area contributed by atoms with Crippen LogP contribution in [0.25, 0.3) is 0 Å². The lowest BCUT2D eigenvalue weighted by Gasteiger charge is -2.30. The molecule has 0 aliphatic carbocycles. The zero-order valence-corrected chi connectivity index (χ0v) is 48.0. The Balaban J connectivity index is 0.000000245. The molecule has 0 saturated heterocycles. The van der Waals surface area contributed by atoms with E-state index in [9.17, 15) is 0 Å². The van der Waals surface area contributed by atoms with E-state index in [4.69, 9.17) is 46.4 Å². The largest absolute Gasteiger partial charge is 0.356 e. The minimum Gasteiger partial charge on any atom is -0.356 e. The Morgan fingerprint density at radius 3 is 0.896 bits per heavy atom. The van der Waals surface area contributed by atoms with Gasteiger partial charge in [0.2, 0.25) is 0 Å². The summed E-state index contributed by atoms with van der Waals surface area (Å²) in [4.78, 5) is 2.21. The molecular weight excluding hydrogens is 970 g/mol. The molecule has 360 valence electrons. The molecule has 7 heteroatoms. The van der Waals surface area contributed by atoms with Crippen LogP contribution in [-0.4, -0.2) is 0 Å². The molecule has 0 fully saturated rings. The number of anilines is 5. The van der Waals surface area contributed by atoms with Crippen molar-refractivity contribution in [2.45, 2.75) is 157 Å². The topological polar surface area (TPSA) is 15.3 Å². The van der Waals surface area contributed by atoms with Crippen molar-refractivity contribution < 1.29 is 0 Å². The van der Waals surface area contributed by atoms with E-state index in [1.54, 1.807) is 0 Å². The lowest BCUT2D eigenvalue weighted by molar-refractivity contribution is 0.589. The summed E-state index contributed by atoms with van der Waals surface area (Å²) in [6.45, 7) is 39.8. The molecule has 2 nitrogen and oxygen atoms in total. The van der Waals surface area contributed by atoms with Crippen LogP contribution in [0, 0.1) is 0 Å². The molecule has 6 aromatic carbocycles. The monoisotopic (exact) mass is 1040 g/mol. The zero-order valence-electron chi connectivity index (χ0n) is 43.4. The molecule has 0 amide bonds. The lowest BCUT2D eigenvalue weighted by Crippen LogP contribution is -2.16. The fourth-order valence-electron chi connectivity index (χ4n) is 7.08. The third-order valence-corrected chi connectivity index (χ3v) is 14.2.